The highest BCUT2D eigenvalue weighted by molar-refractivity contribution is 5.83. The van der Waals surface area contributed by atoms with E-state index >= 15 is 0 Å². The van der Waals surface area contributed by atoms with E-state index in [0.717, 1.165) is 6.42 Å². The molecule has 1 rings (SSSR count). The van der Waals surface area contributed by atoms with Gasteiger partial charge in [0.05, 0.1) is 5.41 Å². The molecule has 5 heteroatoms. The first kappa shape index (κ1) is 16.0. The van der Waals surface area contributed by atoms with Gasteiger partial charge in [-0.15, -0.1) is 0 Å². The second-order valence-corrected chi connectivity index (χ2v) is 7.22. The maximum absolute atomic E-state index is 12.1. The van der Waals surface area contributed by atoms with Crippen molar-refractivity contribution in [2.45, 2.75) is 53.0 Å². The van der Waals surface area contributed by atoms with Crippen LogP contribution in [0.5, 0.6) is 0 Å². The molecule has 2 atom stereocenters. The number of hydrogen-bond donors (Lipinski definition) is 2. The van der Waals surface area contributed by atoms with E-state index in [1.165, 1.54) is 0 Å². The first-order valence-electron chi connectivity index (χ1n) is 6.87. The van der Waals surface area contributed by atoms with Crippen molar-refractivity contribution in [3.8, 4) is 0 Å². The van der Waals surface area contributed by atoms with Gasteiger partial charge in [-0.05, 0) is 25.2 Å². The Morgan fingerprint density at radius 2 is 1.95 bits per heavy atom. The fourth-order valence-corrected chi connectivity index (χ4v) is 2.59. The molecule has 1 fully saturated rings. The number of rotatable bonds is 4. The summed E-state index contributed by atoms with van der Waals surface area (Å²) in [7, 11) is 0. The molecule has 0 aromatic rings. The van der Waals surface area contributed by atoms with Crippen LogP contribution in [0.15, 0.2) is 0 Å². The van der Waals surface area contributed by atoms with Crippen molar-refractivity contribution in [3.05, 3.63) is 0 Å². The molecule has 0 aromatic heterocycles. The highest BCUT2D eigenvalue weighted by Gasteiger charge is 2.40. The highest BCUT2D eigenvalue weighted by Crippen LogP contribution is 2.30. The van der Waals surface area contributed by atoms with E-state index < -0.39 is 5.41 Å². The van der Waals surface area contributed by atoms with Crippen molar-refractivity contribution in [1.82, 2.24) is 4.90 Å². The molecule has 0 spiro atoms. The van der Waals surface area contributed by atoms with Gasteiger partial charge in [-0.1, -0.05) is 20.8 Å². The van der Waals surface area contributed by atoms with Gasteiger partial charge in [0.2, 0.25) is 11.8 Å². The molecule has 110 valence electrons. The van der Waals surface area contributed by atoms with Crippen molar-refractivity contribution in [3.63, 3.8) is 0 Å². The van der Waals surface area contributed by atoms with E-state index in [-0.39, 0.29) is 23.3 Å². The highest BCUT2D eigenvalue weighted by atomic mass is 16.2. The number of primary amides is 1. The predicted molar refractivity (Wildman–Crippen MR) is 75.2 cm³/mol. The van der Waals surface area contributed by atoms with E-state index in [1.807, 2.05) is 6.92 Å². The zero-order valence-electron chi connectivity index (χ0n) is 12.5. The smallest absolute Gasteiger partial charge is 0.225 e. The standard InChI is InChI=1S/C14H27N3O2/c1-13(2,3)8-10(15)7-11(18)17-6-5-14(4,9-17)12(16)19/h10H,5-9,15H2,1-4H3,(H2,16,19). The van der Waals surface area contributed by atoms with Crippen molar-refractivity contribution in [1.29, 1.82) is 0 Å². The molecule has 4 N–H and O–H groups in total. The van der Waals surface area contributed by atoms with E-state index in [4.69, 9.17) is 11.5 Å². The third-order valence-electron chi connectivity index (χ3n) is 3.73. The van der Waals surface area contributed by atoms with E-state index in [1.54, 1.807) is 4.90 Å². The fourth-order valence-electron chi connectivity index (χ4n) is 2.59. The molecule has 2 unspecified atom stereocenters. The zero-order valence-corrected chi connectivity index (χ0v) is 12.5. The summed E-state index contributed by atoms with van der Waals surface area (Å²) in [6, 6.07) is -0.132. The maximum atomic E-state index is 12.1. The summed E-state index contributed by atoms with van der Waals surface area (Å²) >= 11 is 0. The van der Waals surface area contributed by atoms with Crippen molar-refractivity contribution >= 4 is 11.8 Å². The average Bonchev–Trinajstić information content (AvgIpc) is 2.59. The second kappa shape index (κ2) is 5.49. The minimum Gasteiger partial charge on any atom is -0.369 e. The van der Waals surface area contributed by atoms with Gasteiger partial charge in [0.1, 0.15) is 0 Å². The summed E-state index contributed by atoms with van der Waals surface area (Å²) in [6.07, 6.45) is 1.79. The van der Waals surface area contributed by atoms with Crippen molar-refractivity contribution < 1.29 is 9.59 Å². The van der Waals surface area contributed by atoms with Gasteiger partial charge >= 0.3 is 0 Å². The Morgan fingerprint density at radius 3 is 2.37 bits per heavy atom. The first-order valence-corrected chi connectivity index (χ1v) is 6.87. The van der Waals surface area contributed by atoms with E-state index in [9.17, 15) is 9.59 Å². The molecule has 1 heterocycles. The molecule has 1 aliphatic heterocycles. The van der Waals surface area contributed by atoms with Gasteiger partial charge in [-0.25, -0.2) is 0 Å². The number of nitrogens with zero attached hydrogens (tertiary/aromatic N) is 1. The Bertz CT molecular complexity index is 362. The molecule has 0 bridgehead atoms. The quantitative estimate of drug-likeness (QED) is 0.793. The number of hydrogen-bond acceptors (Lipinski definition) is 3. The van der Waals surface area contributed by atoms with Gasteiger partial charge in [0, 0.05) is 25.6 Å². The second-order valence-electron chi connectivity index (χ2n) is 7.22. The van der Waals surface area contributed by atoms with Crippen molar-refractivity contribution in [2.24, 2.45) is 22.3 Å². The number of carbonyl (C=O) groups excluding carboxylic acids is 2. The van der Waals surface area contributed by atoms with Crippen molar-refractivity contribution in [2.75, 3.05) is 13.1 Å². The van der Waals surface area contributed by atoms with Gasteiger partial charge in [0.25, 0.3) is 0 Å². The van der Waals surface area contributed by atoms with Crippen LogP contribution in [0.2, 0.25) is 0 Å². The Labute approximate surface area is 115 Å². The largest absolute Gasteiger partial charge is 0.369 e. The van der Waals surface area contributed by atoms with Crippen LogP contribution >= 0.6 is 0 Å². The molecule has 1 saturated heterocycles. The minimum absolute atomic E-state index is 0.0294. The average molecular weight is 269 g/mol. The number of nitrogens with two attached hydrogens (primary N) is 2. The monoisotopic (exact) mass is 269 g/mol. The number of likely N-dealkylation sites (tertiary alicyclic amines) is 1. The molecule has 0 aliphatic carbocycles. The molecule has 2 amide bonds. The Kier molecular flexibility index (Phi) is 4.61. The summed E-state index contributed by atoms with van der Waals surface area (Å²) in [4.78, 5) is 25.2. The van der Waals surface area contributed by atoms with Gasteiger partial charge in [-0.2, -0.15) is 0 Å². The molecule has 5 nitrogen and oxygen atoms in total. The van der Waals surface area contributed by atoms with Crippen LogP contribution in [0, 0.1) is 10.8 Å². The normalized spacial score (nSPS) is 25.4. The minimum atomic E-state index is -0.580. The summed E-state index contributed by atoms with van der Waals surface area (Å²) in [6.45, 7) is 9.16. The van der Waals surface area contributed by atoms with Crippen LogP contribution in [0.25, 0.3) is 0 Å². The van der Waals surface area contributed by atoms with Gasteiger partial charge in [0.15, 0.2) is 0 Å². The maximum Gasteiger partial charge on any atom is 0.225 e. The van der Waals surface area contributed by atoms with Crippen LogP contribution in [0.4, 0.5) is 0 Å². The third-order valence-corrected chi connectivity index (χ3v) is 3.73. The summed E-state index contributed by atoms with van der Waals surface area (Å²) in [5.74, 6) is -0.302. The van der Waals surface area contributed by atoms with Crippen LogP contribution in [0.1, 0.15) is 47.0 Å². The molecule has 0 radical (unpaired) electrons. The summed E-state index contributed by atoms with van der Waals surface area (Å²) < 4.78 is 0. The lowest BCUT2D eigenvalue weighted by molar-refractivity contribution is -0.132. The fraction of sp³-hybridized carbons (Fsp3) is 0.857. The Balaban J connectivity index is 2.50. The van der Waals surface area contributed by atoms with Crippen LogP contribution in [-0.4, -0.2) is 35.8 Å². The Morgan fingerprint density at radius 1 is 1.37 bits per heavy atom. The summed E-state index contributed by atoms with van der Waals surface area (Å²) in [5.41, 5.74) is 10.9. The molecular formula is C14H27N3O2. The van der Waals surface area contributed by atoms with Gasteiger partial charge < -0.3 is 16.4 Å². The van der Waals surface area contributed by atoms with Crippen LogP contribution < -0.4 is 11.5 Å². The van der Waals surface area contributed by atoms with Crippen LogP contribution in [0.3, 0.4) is 0 Å². The van der Waals surface area contributed by atoms with E-state index in [0.29, 0.717) is 25.9 Å². The molecule has 0 saturated carbocycles. The lowest BCUT2D eigenvalue weighted by atomic mass is 9.87. The SMILES string of the molecule is CC(C)(C)CC(N)CC(=O)N1CCC(C)(C(N)=O)C1. The molecule has 19 heavy (non-hydrogen) atoms. The van der Waals surface area contributed by atoms with Crippen LogP contribution in [-0.2, 0) is 9.59 Å². The molecular weight excluding hydrogens is 242 g/mol. The molecule has 0 aromatic carbocycles. The third kappa shape index (κ3) is 4.49. The molecule has 1 aliphatic rings. The Hall–Kier alpha value is -1.10. The van der Waals surface area contributed by atoms with E-state index in [2.05, 4.69) is 20.8 Å². The zero-order chi connectivity index (χ0) is 14.8. The lowest BCUT2D eigenvalue weighted by Crippen LogP contribution is -2.40. The van der Waals surface area contributed by atoms with Gasteiger partial charge in [-0.3, -0.25) is 9.59 Å². The lowest BCUT2D eigenvalue weighted by Gasteiger charge is -2.25. The number of amides is 2. The predicted octanol–water partition coefficient (Wildman–Crippen LogP) is 0.864. The summed E-state index contributed by atoms with van der Waals surface area (Å²) in [5, 5.41) is 0. The number of carbonyl (C=O) groups is 2. The first-order chi connectivity index (χ1) is 8.53. The topological polar surface area (TPSA) is 89.4 Å².